The molecule has 1 unspecified atom stereocenters. The highest BCUT2D eigenvalue weighted by atomic mass is 32.1. The fourth-order valence-electron chi connectivity index (χ4n) is 10.3. The zero-order valence-electron chi connectivity index (χ0n) is 39.9. The second kappa shape index (κ2) is 18.3. The largest absolute Gasteiger partial charge is 0.464 e. The average Bonchev–Trinajstić information content (AvgIpc) is 4.02. The minimum Gasteiger partial charge on any atom is -0.464 e. The van der Waals surface area contributed by atoms with Gasteiger partial charge in [0.25, 0.3) is 0 Å². The van der Waals surface area contributed by atoms with Gasteiger partial charge in [-0.3, -0.25) is 14.2 Å². The maximum absolute atomic E-state index is 17.0. The number of hydrogen-bond donors (Lipinski definition) is 4. The van der Waals surface area contributed by atoms with Crippen LogP contribution >= 0.6 is 11.3 Å². The van der Waals surface area contributed by atoms with Crippen LogP contribution in [0.25, 0.3) is 44.7 Å². The molecule has 4 aromatic heterocycles. The van der Waals surface area contributed by atoms with Gasteiger partial charge in [0.2, 0.25) is 18.0 Å². The number of rotatable bonds is 12. The summed E-state index contributed by atoms with van der Waals surface area (Å²) in [5, 5.41) is 6.30. The Labute approximate surface area is 403 Å². The summed E-state index contributed by atoms with van der Waals surface area (Å²) in [5.74, 6) is 1.04. The number of benzene rings is 2. The second-order valence-electron chi connectivity index (χ2n) is 19.4. The summed E-state index contributed by atoms with van der Waals surface area (Å²) in [5.41, 5.74) is 5.84. The summed E-state index contributed by atoms with van der Waals surface area (Å²) >= 11 is 1.76. The topological polar surface area (TPSA) is 189 Å². The van der Waals surface area contributed by atoms with Crippen LogP contribution in [0, 0.1) is 24.6 Å². The van der Waals surface area contributed by atoms with Crippen molar-refractivity contribution in [2.75, 3.05) is 27.3 Å². The van der Waals surface area contributed by atoms with Gasteiger partial charge in [0.15, 0.2) is 0 Å². The van der Waals surface area contributed by atoms with Crippen LogP contribution in [-0.4, -0.2) is 97.7 Å². The van der Waals surface area contributed by atoms with Crippen LogP contribution in [-0.2, 0) is 19.1 Å². The van der Waals surface area contributed by atoms with E-state index in [0.29, 0.717) is 65.3 Å². The van der Waals surface area contributed by atoms with Gasteiger partial charge in [0.1, 0.15) is 35.3 Å². The predicted octanol–water partition coefficient (Wildman–Crippen LogP) is 9.50. The van der Waals surface area contributed by atoms with Crippen molar-refractivity contribution < 1.29 is 37.8 Å². The van der Waals surface area contributed by atoms with Gasteiger partial charge < -0.3 is 44.6 Å². The molecule has 3 fully saturated rings. The normalized spacial score (nSPS) is 19.7. The van der Waals surface area contributed by atoms with Gasteiger partial charge in [-0.05, 0) is 105 Å². The van der Waals surface area contributed by atoms with Crippen molar-refractivity contribution in [2.45, 2.75) is 109 Å². The zero-order valence-corrected chi connectivity index (χ0v) is 40.7. The van der Waals surface area contributed by atoms with Gasteiger partial charge in [-0.15, -0.1) is 11.3 Å². The third kappa shape index (κ3) is 8.50. The fraction of sp³-hybridized carbons (Fsp3) is 0.451. The first-order valence-electron chi connectivity index (χ1n) is 23.9. The molecule has 4 N–H and O–H groups in total. The zero-order chi connectivity index (χ0) is 48.4. The number of carbonyl (C=O) groups excluding carboxylic acids is 4. The smallest absolute Gasteiger partial charge is 0.407 e. The molecule has 0 radical (unpaired) electrons. The monoisotopic (exact) mass is 959 g/mol. The van der Waals surface area contributed by atoms with E-state index in [1.165, 1.54) is 38.0 Å². The number of thiophene rings is 1. The third-order valence-electron chi connectivity index (χ3n) is 14.1. The first-order chi connectivity index (χ1) is 33.2. The first kappa shape index (κ1) is 46.1. The van der Waals surface area contributed by atoms with Crippen molar-refractivity contribution in [2.24, 2.45) is 11.8 Å². The van der Waals surface area contributed by atoms with E-state index >= 15 is 4.39 Å². The highest BCUT2D eigenvalue weighted by Gasteiger charge is 2.40. The van der Waals surface area contributed by atoms with E-state index in [1.54, 1.807) is 33.5 Å². The molecule has 69 heavy (non-hydrogen) atoms. The van der Waals surface area contributed by atoms with E-state index in [1.807, 2.05) is 52.0 Å². The maximum Gasteiger partial charge on any atom is 0.407 e. The number of nitrogens with zero attached hydrogens (tertiary/aromatic N) is 5. The van der Waals surface area contributed by atoms with E-state index in [2.05, 4.69) is 44.2 Å². The van der Waals surface area contributed by atoms with Crippen LogP contribution in [0.15, 0.2) is 54.9 Å². The Morgan fingerprint density at radius 1 is 0.783 bits per heavy atom. The number of hydrogen-bond acceptors (Lipinski definition) is 10. The Kier molecular flexibility index (Phi) is 12.2. The molecule has 4 amide bonds. The molecule has 7 heterocycles. The lowest BCUT2D eigenvalue weighted by molar-refractivity contribution is -0.136. The maximum atomic E-state index is 17.0. The number of nitrogens with one attached hydrogen (secondary N) is 4. The molecule has 0 spiro atoms. The van der Waals surface area contributed by atoms with Crippen molar-refractivity contribution in [3.05, 3.63) is 87.6 Å². The summed E-state index contributed by atoms with van der Waals surface area (Å²) < 4.78 is 35.7. The number of methoxy groups -OCH3 is 2. The summed E-state index contributed by atoms with van der Waals surface area (Å²) in [6, 6.07) is 11.6. The Morgan fingerprint density at radius 2 is 1.36 bits per heavy atom. The van der Waals surface area contributed by atoms with Crippen LogP contribution in [0.2, 0.25) is 0 Å². The van der Waals surface area contributed by atoms with Crippen LogP contribution in [0.3, 0.4) is 0 Å². The lowest BCUT2D eigenvalue weighted by Gasteiger charge is -2.30. The van der Waals surface area contributed by atoms with Crippen LogP contribution in [0.5, 0.6) is 5.75 Å². The van der Waals surface area contributed by atoms with Gasteiger partial charge in [0.05, 0.1) is 71.7 Å². The number of ether oxygens (including phenoxy) is 3. The van der Waals surface area contributed by atoms with Crippen molar-refractivity contribution in [1.29, 1.82) is 0 Å². The molecule has 362 valence electrons. The molecule has 4 aliphatic rings. The molecule has 10 rings (SSSR count). The second-order valence-corrected chi connectivity index (χ2v) is 20.5. The van der Waals surface area contributed by atoms with E-state index < -0.39 is 36.3 Å². The molecule has 2 saturated heterocycles. The molecule has 6 aromatic rings. The van der Waals surface area contributed by atoms with E-state index in [-0.39, 0.29) is 35.7 Å². The highest BCUT2D eigenvalue weighted by molar-refractivity contribution is 7.12. The summed E-state index contributed by atoms with van der Waals surface area (Å²) in [6.45, 7) is 10.7. The highest BCUT2D eigenvalue weighted by Crippen LogP contribution is 2.51. The lowest BCUT2D eigenvalue weighted by Crippen LogP contribution is -2.51. The Bertz CT molecular complexity index is 2970. The number of fused-ring (bicyclic) bond motifs is 5. The SMILES string of the molecule is COC(=O)N[C@H](C(=O)N1CCC[C@H]1c1ncc(-c2cc(F)c3c(c2)OC(c2sc(C4CC4)cc2C)n2c-3cc3cc(-c4cnc([C@@H]5CCCN5C(=O)[C@H](NC(=O)OC)C(C)C)[nH]4)ccc32)[nH]1)C(C)C. The molecular formula is C51H58FN9O7S. The van der Waals surface area contributed by atoms with Crippen LogP contribution in [0.4, 0.5) is 14.0 Å². The number of amides is 4. The average molecular weight is 960 g/mol. The van der Waals surface area contributed by atoms with Crippen molar-refractivity contribution in [3.8, 4) is 39.5 Å². The van der Waals surface area contributed by atoms with Gasteiger partial charge in [0, 0.05) is 34.5 Å². The van der Waals surface area contributed by atoms with Crippen LogP contribution in [0.1, 0.15) is 117 Å². The standard InChI is InChI=1S/C51H58FN9O7S/c1-25(2)42(57-50(64)66-6)47(62)59-16-8-10-36(59)45-53-23-33(55-45)29-14-15-35-31(19-29)21-38-41-32(52)20-30(22-39(41)68-49(61(35)38)44-27(5)18-40(69-44)28-12-13-28)34-24-54-46(56-34)37-11-9-17-60(37)48(63)43(26(3)4)58-51(65)67-7/h14-15,18-26,28,36-37,42-43,49H,8-13,16-17H2,1-7H3,(H,53,55)(H,54,56)(H,57,64)(H,58,65)/t36-,37-,42+,43-,49?/m0/s1. The first-order valence-corrected chi connectivity index (χ1v) is 24.7. The number of aromatic amines is 2. The predicted molar refractivity (Wildman–Crippen MR) is 258 cm³/mol. The van der Waals surface area contributed by atoms with Gasteiger partial charge >= 0.3 is 12.2 Å². The summed E-state index contributed by atoms with van der Waals surface area (Å²) in [4.78, 5) is 74.3. The molecule has 5 atom stereocenters. The third-order valence-corrected chi connectivity index (χ3v) is 15.5. The fourth-order valence-corrected chi connectivity index (χ4v) is 11.7. The number of likely N-dealkylation sites (tertiary alicyclic amines) is 2. The van der Waals surface area contributed by atoms with Gasteiger partial charge in [-0.25, -0.2) is 23.9 Å². The summed E-state index contributed by atoms with van der Waals surface area (Å²) in [7, 11) is 2.55. The van der Waals surface area contributed by atoms with E-state index in [0.717, 1.165) is 51.9 Å². The minimum absolute atomic E-state index is 0.150. The molecule has 18 heteroatoms. The Hall–Kier alpha value is -6.69. The number of aryl methyl sites for hydroxylation is 1. The quantitative estimate of drug-likeness (QED) is 0.0926. The molecule has 3 aliphatic heterocycles. The van der Waals surface area contributed by atoms with E-state index in [4.69, 9.17) is 24.2 Å². The Morgan fingerprint density at radius 3 is 1.91 bits per heavy atom. The lowest BCUT2D eigenvalue weighted by atomic mass is 10.0. The summed E-state index contributed by atoms with van der Waals surface area (Å²) in [6.07, 6.45) is 6.87. The number of carbonyl (C=O) groups is 4. The van der Waals surface area contributed by atoms with Gasteiger partial charge in [-0.2, -0.15) is 0 Å². The number of H-pyrrole nitrogens is 2. The Balaban J connectivity index is 0.975. The number of imidazole rings is 2. The molecule has 1 aliphatic carbocycles. The molecule has 0 bridgehead atoms. The molecular weight excluding hydrogens is 902 g/mol. The number of halogens is 1. The van der Waals surface area contributed by atoms with Gasteiger partial charge in [-0.1, -0.05) is 33.8 Å². The van der Waals surface area contributed by atoms with Crippen LogP contribution < -0.4 is 15.4 Å². The molecule has 2 aromatic carbocycles. The van der Waals surface area contributed by atoms with Crippen molar-refractivity contribution in [3.63, 3.8) is 0 Å². The molecule has 1 saturated carbocycles. The van der Waals surface area contributed by atoms with Crippen molar-refractivity contribution >= 4 is 46.2 Å². The number of alkyl carbamates (subject to hydrolysis) is 2. The van der Waals surface area contributed by atoms with Crippen molar-refractivity contribution in [1.82, 2.24) is 44.9 Å². The minimum atomic E-state index is -0.769. The number of aromatic nitrogens is 5. The molecule has 16 nitrogen and oxygen atoms in total. The van der Waals surface area contributed by atoms with E-state index in [9.17, 15) is 19.2 Å².